The monoisotopic (exact) mass is 372 g/mol. The highest BCUT2D eigenvalue weighted by molar-refractivity contribution is 6.01. The van der Waals surface area contributed by atoms with Gasteiger partial charge in [0, 0.05) is 10.8 Å². The van der Waals surface area contributed by atoms with E-state index in [9.17, 15) is 19.8 Å². The van der Waals surface area contributed by atoms with Crippen LogP contribution in [0.5, 0.6) is 0 Å². The van der Waals surface area contributed by atoms with Crippen molar-refractivity contribution in [3.63, 3.8) is 0 Å². The molecule has 2 unspecified atom stereocenters. The predicted molar refractivity (Wildman–Crippen MR) is 97.7 cm³/mol. The number of aliphatic hydroxyl groups excluding tert-OH is 1. The lowest BCUT2D eigenvalue weighted by atomic mass is 9.46. The second-order valence-corrected chi connectivity index (χ2v) is 9.86. The zero-order chi connectivity index (χ0) is 19.4. The van der Waals surface area contributed by atoms with Crippen molar-refractivity contribution in [3.05, 3.63) is 23.8 Å². The van der Waals surface area contributed by atoms with E-state index in [2.05, 4.69) is 6.92 Å². The summed E-state index contributed by atoms with van der Waals surface area (Å²) in [7, 11) is 0. The lowest BCUT2D eigenvalue weighted by molar-refractivity contribution is -0.165. The van der Waals surface area contributed by atoms with Crippen LogP contribution in [0.15, 0.2) is 23.8 Å². The maximum Gasteiger partial charge on any atom is 0.190 e. The normalized spacial score (nSPS) is 55.1. The summed E-state index contributed by atoms with van der Waals surface area (Å²) >= 11 is 0. The summed E-state index contributed by atoms with van der Waals surface area (Å²) in [4.78, 5) is 24.5. The Labute approximate surface area is 159 Å². The molecule has 0 aromatic heterocycles. The molecule has 4 fully saturated rings. The van der Waals surface area contributed by atoms with Crippen molar-refractivity contribution in [1.29, 1.82) is 0 Å². The Morgan fingerprint density at radius 2 is 2.07 bits per heavy atom. The van der Waals surface area contributed by atoms with Gasteiger partial charge in [0.05, 0.1) is 6.10 Å². The van der Waals surface area contributed by atoms with E-state index in [0.717, 1.165) is 24.8 Å². The second-order valence-electron chi connectivity index (χ2n) is 9.86. The van der Waals surface area contributed by atoms with Gasteiger partial charge >= 0.3 is 0 Å². The molecule has 27 heavy (non-hydrogen) atoms. The standard InChI is InChI=1S/C22H28O5/c1-12-8-16-15-5-4-13-9-14(24)6-7-19(13,2)22(15)18(27-22)10-20(16,3)21(12,26)17(25)11-23/h6-7,9,12,15-16,18,23,26H,4-5,8,10-11H2,1-3H3/t12?,15-,16-,18?,19-,20-,21-,22-/m0/s1. The SMILES string of the molecule is CC1C[C@H]2[C@@H]3CCC4=CC(=O)C=C[C@]4(C)[C@]34OC4C[C@]2(C)[C@@]1(O)C(=O)CO. The fourth-order valence-electron chi connectivity index (χ4n) is 7.70. The van der Waals surface area contributed by atoms with E-state index in [1.807, 2.05) is 19.9 Å². The first-order valence-corrected chi connectivity index (χ1v) is 10.1. The summed E-state index contributed by atoms with van der Waals surface area (Å²) in [6, 6.07) is 0. The van der Waals surface area contributed by atoms with Crippen molar-refractivity contribution in [1.82, 2.24) is 0 Å². The fourth-order valence-corrected chi connectivity index (χ4v) is 7.70. The maximum atomic E-state index is 12.6. The molecule has 4 aliphatic carbocycles. The van der Waals surface area contributed by atoms with Crippen LogP contribution in [0.1, 0.15) is 46.5 Å². The third kappa shape index (κ3) is 1.73. The Kier molecular flexibility index (Phi) is 3.29. The minimum absolute atomic E-state index is 0.0291. The molecule has 5 heteroatoms. The zero-order valence-corrected chi connectivity index (χ0v) is 16.2. The first-order chi connectivity index (χ1) is 12.6. The first kappa shape index (κ1) is 17.8. The van der Waals surface area contributed by atoms with Crippen LogP contribution in [0.3, 0.4) is 0 Å². The summed E-state index contributed by atoms with van der Waals surface area (Å²) < 4.78 is 6.43. The number of aliphatic hydroxyl groups is 2. The number of hydrogen-bond donors (Lipinski definition) is 2. The van der Waals surface area contributed by atoms with E-state index in [1.165, 1.54) is 0 Å². The molecule has 1 spiro atoms. The average molecular weight is 372 g/mol. The highest BCUT2D eigenvalue weighted by atomic mass is 16.6. The number of allylic oxidation sites excluding steroid dienone is 2. The van der Waals surface area contributed by atoms with Crippen LogP contribution >= 0.6 is 0 Å². The number of carbonyl (C=O) groups excluding carboxylic acids is 2. The minimum Gasteiger partial charge on any atom is -0.388 e. The van der Waals surface area contributed by atoms with Crippen molar-refractivity contribution in [3.8, 4) is 0 Å². The lowest BCUT2D eigenvalue weighted by Crippen LogP contribution is -2.62. The minimum atomic E-state index is -1.50. The van der Waals surface area contributed by atoms with E-state index in [1.54, 1.807) is 12.2 Å². The molecule has 0 radical (unpaired) electrons. The number of fused-ring (bicyclic) bond motifs is 3. The van der Waals surface area contributed by atoms with Gasteiger partial charge in [-0.3, -0.25) is 9.59 Å². The van der Waals surface area contributed by atoms with Gasteiger partial charge in [-0.15, -0.1) is 0 Å². The molecule has 5 nitrogen and oxygen atoms in total. The van der Waals surface area contributed by atoms with Crippen LogP contribution in [0.4, 0.5) is 0 Å². The van der Waals surface area contributed by atoms with Crippen molar-refractivity contribution in [2.45, 2.75) is 63.8 Å². The molecule has 0 amide bonds. The van der Waals surface area contributed by atoms with E-state index in [0.29, 0.717) is 6.42 Å². The van der Waals surface area contributed by atoms with Crippen molar-refractivity contribution < 1.29 is 24.5 Å². The van der Waals surface area contributed by atoms with E-state index >= 15 is 0 Å². The fraction of sp³-hybridized carbons (Fsp3) is 0.727. The number of ether oxygens (including phenoxy) is 1. The van der Waals surface area contributed by atoms with Gasteiger partial charge in [0.2, 0.25) is 0 Å². The van der Waals surface area contributed by atoms with E-state index in [-0.39, 0.29) is 40.7 Å². The first-order valence-electron chi connectivity index (χ1n) is 10.1. The molecular weight excluding hydrogens is 344 g/mol. The molecule has 0 aromatic rings. The Morgan fingerprint density at radius 1 is 1.33 bits per heavy atom. The Hall–Kier alpha value is -1.30. The third-order valence-electron chi connectivity index (χ3n) is 9.08. The Bertz CT molecular complexity index is 814. The molecule has 8 atom stereocenters. The van der Waals surface area contributed by atoms with Crippen LogP contribution in [-0.4, -0.2) is 45.7 Å². The molecule has 1 heterocycles. The lowest BCUT2D eigenvalue weighted by Gasteiger charge is -2.55. The third-order valence-corrected chi connectivity index (χ3v) is 9.08. The largest absolute Gasteiger partial charge is 0.388 e. The molecule has 0 bridgehead atoms. The van der Waals surface area contributed by atoms with E-state index < -0.39 is 23.4 Å². The van der Waals surface area contributed by atoms with E-state index in [4.69, 9.17) is 4.74 Å². The number of hydrogen-bond acceptors (Lipinski definition) is 5. The number of rotatable bonds is 2. The Morgan fingerprint density at radius 3 is 2.78 bits per heavy atom. The van der Waals surface area contributed by atoms with Crippen LogP contribution in [0.25, 0.3) is 0 Å². The molecule has 5 aliphatic rings. The molecule has 2 N–H and O–H groups in total. The number of Topliss-reactive ketones (excluding diaryl/α,β-unsaturated/α-hetero) is 1. The van der Waals surface area contributed by atoms with Crippen molar-refractivity contribution >= 4 is 11.6 Å². The highest BCUT2D eigenvalue weighted by Crippen LogP contribution is 2.76. The zero-order valence-electron chi connectivity index (χ0n) is 16.2. The quantitative estimate of drug-likeness (QED) is 0.724. The number of epoxide rings is 1. The molecular formula is C22H28O5. The van der Waals surface area contributed by atoms with Crippen LogP contribution in [0.2, 0.25) is 0 Å². The van der Waals surface area contributed by atoms with Crippen molar-refractivity contribution in [2.24, 2.45) is 28.6 Å². The summed E-state index contributed by atoms with van der Waals surface area (Å²) in [6.45, 7) is 5.51. The van der Waals surface area contributed by atoms with Gasteiger partial charge in [0.25, 0.3) is 0 Å². The van der Waals surface area contributed by atoms with Gasteiger partial charge in [0.1, 0.15) is 17.8 Å². The summed E-state index contributed by atoms with van der Waals surface area (Å²) in [6.07, 6.45) is 8.58. The molecule has 1 aliphatic heterocycles. The predicted octanol–water partition coefficient (Wildman–Crippen LogP) is 1.96. The van der Waals surface area contributed by atoms with Crippen LogP contribution in [-0.2, 0) is 14.3 Å². The molecule has 1 saturated heterocycles. The van der Waals surface area contributed by atoms with Gasteiger partial charge in [-0.2, -0.15) is 0 Å². The topological polar surface area (TPSA) is 87.1 Å². The molecule has 5 rings (SSSR count). The second kappa shape index (κ2) is 5.00. The average Bonchev–Trinajstić information content (AvgIpc) is 3.31. The summed E-state index contributed by atoms with van der Waals surface area (Å²) in [5, 5.41) is 21.0. The van der Waals surface area contributed by atoms with Crippen molar-refractivity contribution in [2.75, 3.05) is 6.61 Å². The molecule has 0 aromatic carbocycles. The summed E-state index contributed by atoms with van der Waals surface area (Å²) in [5.74, 6) is -0.193. The highest BCUT2D eigenvalue weighted by Gasteiger charge is 2.81. The van der Waals surface area contributed by atoms with Gasteiger partial charge in [-0.05, 0) is 62.5 Å². The van der Waals surface area contributed by atoms with Crippen LogP contribution < -0.4 is 0 Å². The smallest absolute Gasteiger partial charge is 0.190 e. The number of ketones is 2. The summed E-state index contributed by atoms with van der Waals surface area (Å²) in [5.41, 5.74) is -1.55. The van der Waals surface area contributed by atoms with Crippen LogP contribution in [0, 0.1) is 28.6 Å². The van der Waals surface area contributed by atoms with Gasteiger partial charge in [-0.25, -0.2) is 0 Å². The molecule has 3 saturated carbocycles. The number of carbonyl (C=O) groups is 2. The molecule has 146 valence electrons. The van der Waals surface area contributed by atoms with Gasteiger partial charge < -0.3 is 14.9 Å². The maximum absolute atomic E-state index is 12.6. The van der Waals surface area contributed by atoms with Gasteiger partial charge in [-0.1, -0.05) is 25.5 Å². The Balaban J connectivity index is 1.60. The van der Waals surface area contributed by atoms with Gasteiger partial charge in [0.15, 0.2) is 11.6 Å².